The molecular weight excluding hydrogens is 320 g/mol. The Morgan fingerprint density at radius 3 is 2.44 bits per heavy atom. The largest absolute Gasteiger partial charge is 0.507 e. The normalized spacial score (nSPS) is 19.4. The van der Waals surface area contributed by atoms with E-state index in [1.54, 1.807) is 52.2 Å². The molecule has 0 aliphatic heterocycles. The Morgan fingerprint density at radius 1 is 1.16 bits per heavy atom. The zero-order valence-electron chi connectivity index (χ0n) is 15.0. The van der Waals surface area contributed by atoms with Crippen LogP contribution < -0.4 is 4.74 Å². The Balaban J connectivity index is 2.47. The summed E-state index contributed by atoms with van der Waals surface area (Å²) in [6.07, 6.45) is 2.96. The van der Waals surface area contributed by atoms with Gasteiger partial charge < -0.3 is 14.6 Å². The zero-order chi connectivity index (χ0) is 18.8. The average molecular weight is 342 g/mol. The molecule has 0 saturated heterocycles. The highest BCUT2D eigenvalue weighted by Crippen LogP contribution is 2.39. The molecule has 5 heteroatoms. The van der Waals surface area contributed by atoms with Gasteiger partial charge in [0.1, 0.15) is 22.8 Å². The summed E-state index contributed by atoms with van der Waals surface area (Å²) in [5, 5.41) is 10.4. The SMILES string of the molecule is COC1=C(C)C(=O)/C(=C(O)/C=C/c2cccc(OC)c2)C(=O)C1(C)C. The number of carbonyl (C=O) groups excluding carboxylic acids is 2. The topological polar surface area (TPSA) is 72.8 Å². The fourth-order valence-electron chi connectivity index (χ4n) is 2.92. The number of hydrogen-bond donors (Lipinski definition) is 1. The number of carbonyl (C=O) groups is 2. The fourth-order valence-corrected chi connectivity index (χ4v) is 2.92. The number of allylic oxidation sites excluding steroid dienone is 4. The molecule has 0 aromatic heterocycles. The summed E-state index contributed by atoms with van der Waals surface area (Å²) < 4.78 is 10.4. The second-order valence-electron chi connectivity index (χ2n) is 6.31. The molecule has 0 bridgehead atoms. The molecule has 1 aliphatic rings. The Kier molecular flexibility index (Phi) is 5.16. The molecule has 0 atom stereocenters. The minimum absolute atomic E-state index is 0.220. The van der Waals surface area contributed by atoms with Crippen molar-refractivity contribution in [1.82, 2.24) is 0 Å². The van der Waals surface area contributed by atoms with Crippen molar-refractivity contribution in [2.75, 3.05) is 14.2 Å². The summed E-state index contributed by atoms with van der Waals surface area (Å²) in [5.41, 5.74) is -0.142. The molecule has 1 aromatic rings. The molecule has 0 saturated carbocycles. The van der Waals surface area contributed by atoms with Gasteiger partial charge in [-0.2, -0.15) is 0 Å². The third kappa shape index (κ3) is 3.36. The lowest BCUT2D eigenvalue weighted by molar-refractivity contribution is -0.127. The smallest absolute Gasteiger partial charge is 0.199 e. The van der Waals surface area contributed by atoms with Gasteiger partial charge in [-0.1, -0.05) is 18.2 Å². The Morgan fingerprint density at radius 2 is 1.84 bits per heavy atom. The molecule has 0 heterocycles. The lowest BCUT2D eigenvalue weighted by Gasteiger charge is -2.31. The van der Waals surface area contributed by atoms with Gasteiger partial charge in [0.15, 0.2) is 11.6 Å². The predicted octanol–water partition coefficient (Wildman–Crippen LogP) is 3.62. The summed E-state index contributed by atoms with van der Waals surface area (Å²) in [5.74, 6) is -0.346. The molecule has 0 fully saturated rings. The molecule has 2 rings (SSSR count). The molecule has 0 amide bonds. The van der Waals surface area contributed by atoms with E-state index in [4.69, 9.17) is 9.47 Å². The van der Waals surface area contributed by atoms with Crippen molar-refractivity contribution in [2.45, 2.75) is 20.8 Å². The third-order valence-electron chi connectivity index (χ3n) is 4.26. The summed E-state index contributed by atoms with van der Waals surface area (Å²) >= 11 is 0. The first-order chi connectivity index (χ1) is 11.7. The van der Waals surface area contributed by atoms with Crippen LogP contribution in [0.3, 0.4) is 0 Å². The van der Waals surface area contributed by atoms with E-state index in [2.05, 4.69) is 0 Å². The number of aliphatic hydroxyl groups is 1. The number of rotatable bonds is 4. The van der Waals surface area contributed by atoms with Crippen molar-refractivity contribution in [2.24, 2.45) is 5.41 Å². The van der Waals surface area contributed by atoms with Crippen molar-refractivity contribution in [1.29, 1.82) is 0 Å². The maximum absolute atomic E-state index is 12.7. The van der Waals surface area contributed by atoms with E-state index < -0.39 is 17.0 Å². The molecule has 25 heavy (non-hydrogen) atoms. The van der Waals surface area contributed by atoms with Crippen molar-refractivity contribution in [3.8, 4) is 5.75 Å². The van der Waals surface area contributed by atoms with Crippen molar-refractivity contribution in [3.63, 3.8) is 0 Å². The van der Waals surface area contributed by atoms with Gasteiger partial charge in [-0.05, 0) is 44.5 Å². The molecule has 132 valence electrons. The van der Waals surface area contributed by atoms with Crippen LogP contribution in [0.4, 0.5) is 0 Å². The van der Waals surface area contributed by atoms with E-state index in [0.717, 1.165) is 5.56 Å². The number of hydrogen-bond acceptors (Lipinski definition) is 5. The molecule has 1 aromatic carbocycles. The van der Waals surface area contributed by atoms with Crippen LogP contribution in [-0.4, -0.2) is 30.9 Å². The highest BCUT2D eigenvalue weighted by Gasteiger charge is 2.45. The quantitative estimate of drug-likeness (QED) is 0.514. The first-order valence-corrected chi connectivity index (χ1v) is 7.84. The number of aliphatic hydroxyl groups excluding tert-OH is 1. The van der Waals surface area contributed by atoms with E-state index in [1.165, 1.54) is 13.2 Å². The van der Waals surface area contributed by atoms with Crippen LogP contribution in [-0.2, 0) is 14.3 Å². The van der Waals surface area contributed by atoms with E-state index >= 15 is 0 Å². The minimum atomic E-state index is -1.01. The van der Waals surface area contributed by atoms with Gasteiger partial charge in [0.25, 0.3) is 0 Å². The molecule has 0 radical (unpaired) electrons. The Hall–Kier alpha value is -2.82. The average Bonchev–Trinajstić information content (AvgIpc) is 2.59. The van der Waals surface area contributed by atoms with Crippen LogP contribution in [0.5, 0.6) is 5.75 Å². The minimum Gasteiger partial charge on any atom is -0.507 e. The first-order valence-electron chi connectivity index (χ1n) is 7.84. The van der Waals surface area contributed by atoms with Crippen molar-refractivity contribution >= 4 is 17.6 Å². The van der Waals surface area contributed by atoms with Gasteiger partial charge in [-0.15, -0.1) is 0 Å². The van der Waals surface area contributed by atoms with Crippen LogP contribution in [0.1, 0.15) is 26.3 Å². The summed E-state index contributed by atoms with van der Waals surface area (Å²) in [6, 6.07) is 7.20. The van der Waals surface area contributed by atoms with Crippen LogP contribution >= 0.6 is 0 Å². The molecule has 1 aliphatic carbocycles. The highest BCUT2D eigenvalue weighted by atomic mass is 16.5. The number of Topliss-reactive ketones (excluding diaryl/α,β-unsaturated/α-hetero) is 2. The number of methoxy groups -OCH3 is 2. The van der Waals surface area contributed by atoms with Crippen LogP contribution in [0.25, 0.3) is 6.08 Å². The predicted molar refractivity (Wildman–Crippen MR) is 95.2 cm³/mol. The second-order valence-corrected chi connectivity index (χ2v) is 6.31. The van der Waals surface area contributed by atoms with E-state index in [9.17, 15) is 14.7 Å². The number of benzene rings is 1. The van der Waals surface area contributed by atoms with Crippen LogP contribution in [0, 0.1) is 5.41 Å². The van der Waals surface area contributed by atoms with E-state index in [-0.39, 0.29) is 11.3 Å². The monoisotopic (exact) mass is 342 g/mol. The lowest BCUT2D eigenvalue weighted by Crippen LogP contribution is -2.38. The fraction of sp³-hybridized carbons (Fsp3) is 0.300. The maximum atomic E-state index is 12.7. The van der Waals surface area contributed by atoms with Crippen molar-refractivity contribution < 1.29 is 24.2 Å². The second kappa shape index (κ2) is 6.97. The first kappa shape index (κ1) is 18.5. The Labute approximate surface area is 147 Å². The lowest BCUT2D eigenvalue weighted by atomic mass is 9.73. The van der Waals surface area contributed by atoms with Crippen molar-refractivity contribution in [3.05, 3.63) is 58.6 Å². The summed E-state index contributed by atoms with van der Waals surface area (Å²) in [4.78, 5) is 25.2. The summed E-state index contributed by atoms with van der Waals surface area (Å²) in [6.45, 7) is 4.93. The zero-order valence-corrected chi connectivity index (χ0v) is 15.0. The van der Waals surface area contributed by atoms with E-state index in [1.807, 2.05) is 6.07 Å². The van der Waals surface area contributed by atoms with E-state index in [0.29, 0.717) is 17.1 Å². The van der Waals surface area contributed by atoms with Crippen LogP contribution in [0.15, 0.2) is 53.0 Å². The number of ketones is 2. The molecule has 5 nitrogen and oxygen atoms in total. The van der Waals surface area contributed by atoms with Gasteiger partial charge in [0, 0.05) is 5.57 Å². The van der Waals surface area contributed by atoms with Crippen LogP contribution in [0.2, 0.25) is 0 Å². The van der Waals surface area contributed by atoms with Gasteiger partial charge in [0.05, 0.1) is 19.6 Å². The highest BCUT2D eigenvalue weighted by molar-refractivity contribution is 6.30. The third-order valence-corrected chi connectivity index (χ3v) is 4.26. The maximum Gasteiger partial charge on any atom is 0.199 e. The molecule has 1 N–H and O–H groups in total. The van der Waals surface area contributed by atoms with Gasteiger partial charge in [-0.25, -0.2) is 0 Å². The summed E-state index contributed by atoms with van der Waals surface area (Å²) in [7, 11) is 2.99. The van der Waals surface area contributed by atoms with Gasteiger partial charge >= 0.3 is 0 Å². The standard InChI is InChI=1S/C20H22O5/c1-12-17(22)16(18(23)20(2,3)19(12)25-5)15(21)10-9-13-7-6-8-14(11-13)24-4/h6-11,21H,1-5H3/b10-9+,16-15+. The van der Waals surface area contributed by atoms with Gasteiger partial charge in [-0.3, -0.25) is 9.59 Å². The Bertz CT molecular complexity index is 809. The molecule has 0 spiro atoms. The van der Waals surface area contributed by atoms with Gasteiger partial charge in [0.2, 0.25) is 0 Å². The molecular formula is C20H22O5. The number of ether oxygens (including phenoxy) is 2. The molecule has 0 unspecified atom stereocenters.